The van der Waals surface area contributed by atoms with Gasteiger partial charge in [0.05, 0.1) is 5.75 Å². The number of hydrogen-bond donors (Lipinski definition) is 1. The van der Waals surface area contributed by atoms with E-state index in [1.54, 1.807) is 18.2 Å². The third kappa shape index (κ3) is 3.28. The lowest BCUT2D eigenvalue weighted by Gasteiger charge is -2.10. The third-order valence-electron chi connectivity index (χ3n) is 2.50. The van der Waals surface area contributed by atoms with E-state index in [-0.39, 0.29) is 18.3 Å². The minimum absolute atomic E-state index is 0.0300. The van der Waals surface area contributed by atoms with E-state index in [9.17, 15) is 12.8 Å². The number of hydrogen-bond acceptors (Lipinski definition) is 3. The van der Waals surface area contributed by atoms with Crippen molar-refractivity contribution in [2.45, 2.75) is 12.6 Å². The molecule has 1 aliphatic rings. The molecule has 92 valence electrons. The van der Waals surface area contributed by atoms with Gasteiger partial charge in [0, 0.05) is 28.6 Å². The van der Waals surface area contributed by atoms with Crippen LogP contribution in [0.5, 0.6) is 0 Å². The minimum atomic E-state index is -3.07. The van der Waals surface area contributed by atoms with Crippen LogP contribution in [0.25, 0.3) is 0 Å². The highest BCUT2D eigenvalue weighted by Crippen LogP contribution is 2.15. The SMILES string of the molecule is O=S1(=O)C=CC(NCc2ccc(Cl)cc2F)C1. The molecule has 1 atom stereocenters. The summed E-state index contributed by atoms with van der Waals surface area (Å²) in [4.78, 5) is 0. The lowest BCUT2D eigenvalue weighted by atomic mass is 10.2. The lowest BCUT2D eigenvalue weighted by Crippen LogP contribution is -2.29. The molecule has 0 saturated carbocycles. The zero-order valence-electron chi connectivity index (χ0n) is 8.86. The van der Waals surface area contributed by atoms with E-state index in [2.05, 4.69) is 5.32 Å². The van der Waals surface area contributed by atoms with Crippen molar-refractivity contribution in [3.8, 4) is 0 Å². The van der Waals surface area contributed by atoms with Gasteiger partial charge < -0.3 is 5.32 Å². The fourth-order valence-corrected chi connectivity index (χ4v) is 3.04. The summed E-state index contributed by atoms with van der Waals surface area (Å²) in [5.74, 6) is -0.364. The summed E-state index contributed by atoms with van der Waals surface area (Å²) >= 11 is 5.63. The maximum atomic E-state index is 13.4. The van der Waals surface area contributed by atoms with Crippen molar-refractivity contribution in [3.63, 3.8) is 0 Å². The molecule has 0 bridgehead atoms. The van der Waals surface area contributed by atoms with E-state index in [1.807, 2.05) is 0 Å². The van der Waals surface area contributed by atoms with Gasteiger partial charge in [-0.05, 0) is 12.1 Å². The molecule has 3 nitrogen and oxygen atoms in total. The fraction of sp³-hybridized carbons (Fsp3) is 0.273. The van der Waals surface area contributed by atoms with Gasteiger partial charge in [0.15, 0.2) is 9.84 Å². The number of sulfone groups is 1. The molecule has 1 heterocycles. The van der Waals surface area contributed by atoms with Gasteiger partial charge in [-0.25, -0.2) is 12.8 Å². The van der Waals surface area contributed by atoms with Crippen molar-refractivity contribution in [3.05, 3.63) is 46.1 Å². The Morgan fingerprint density at radius 1 is 1.47 bits per heavy atom. The first-order valence-electron chi connectivity index (χ1n) is 5.04. The maximum absolute atomic E-state index is 13.4. The Hall–Kier alpha value is -0.910. The van der Waals surface area contributed by atoms with Gasteiger partial charge in [0.2, 0.25) is 0 Å². The fourth-order valence-electron chi connectivity index (χ4n) is 1.61. The third-order valence-corrected chi connectivity index (χ3v) is 4.13. The molecule has 0 radical (unpaired) electrons. The average Bonchev–Trinajstić information content (AvgIpc) is 2.57. The van der Waals surface area contributed by atoms with Crippen LogP contribution in [0, 0.1) is 5.82 Å². The van der Waals surface area contributed by atoms with Crippen molar-refractivity contribution in [1.29, 1.82) is 0 Å². The van der Waals surface area contributed by atoms with E-state index >= 15 is 0 Å². The Labute approximate surface area is 104 Å². The quantitative estimate of drug-likeness (QED) is 0.916. The predicted molar refractivity (Wildman–Crippen MR) is 65.0 cm³/mol. The Morgan fingerprint density at radius 2 is 2.24 bits per heavy atom. The molecule has 0 amide bonds. The first-order valence-corrected chi connectivity index (χ1v) is 7.14. The van der Waals surface area contributed by atoms with Crippen LogP contribution in [-0.4, -0.2) is 20.2 Å². The summed E-state index contributed by atoms with van der Waals surface area (Å²) in [6, 6.07) is 4.16. The van der Waals surface area contributed by atoms with E-state index in [1.165, 1.54) is 11.5 Å². The van der Waals surface area contributed by atoms with Crippen molar-refractivity contribution >= 4 is 21.4 Å². The van der Waals surface area contributed by atoms with Crippen molar-refractivity contribution < 1.29 is 12.8 Å². The second-order valence-corrected chi connectivity index (χ2v) is 6.25. The van der Waals surface area contributed by atoms with Gasteiger partial charge in [-0.15, -0.1) is 0 Å². The van der Waals surface area contributed by atoms with Crippen molar-refractivity contribution in [2.75, 3.05) is 5.75 Å². The van der Waals surface area contributed by atoms with Crippen LogP contribution in [0.3, 0.4) is 0 Å². The largest absolute Gasteiger partial charge is 0.305 e. The molecule has 1 aliphatic heterocycles. The summed E-state index contributed by atoms with van der Waals surface area (Å²) in [6.07, 6.45) is 1.57. The van der Waals surface area contributed by atoms with E-state index in [0.717, 1.165) is 0 Å². The molecule has 1 unspecified atom stereocenters. The molecular weight excluding hydrogens is 265 g/mol. The van der Waals surface area contributed by atoms with Crippen LogP contribution < -0.4 is 5.32 Å². The Morgan fingerprint density at radius 3 is 2.82 bits per heavy atom. The van der Waals surface area contributed by atoms with E-state index in [4.69, 9.17) is 11.6 Å². The smallest absolute Gasteiger partial charge is 0.173 e. The predicted octanol–water partition coefficient (Wildman–Crippen LogP) is 1.88. The second kappa shape index (κ2) is 4.76. The molecule has 1 N–H and O–H groups in total. The average molecular weight is 276 g/mol. The first-order chi connectivity index (χ1) is 7.96. The Kier molecular flexibility index (Phi) is 3.51. The molecular formula is C11H11ClFNO2S. The normalized spacial score (nSPS) is 21.9. The maximum Gasteiger partial charge on any atom is 0.173 e. The molecule has 17 heavy (non-hydrogen) atoms. The molecule has 0 saturated heterocycles. The molecule has 0 spiro atoms. The van der Waals surface area contributed by atoms with Crippen LogP contribution in [0.2, 0.25) is 5.02 Å². The Bertz CT molecular complexity index is 557. The van der Waals surface area contributed by atoms with Crippen LogP contribution in [0.4, 0.5) is 4.39 Å². The zero-order chi connectivity index (χ0) is 12.5. The highest BCUT2D eigenvalue weighted by atomic mass is 35.5. The summed E-state index contributed by atoms with van der Waals surface area (Å²) in [5.41, 5.74) is 0.465. The van der Waals surface area contributed by atoms with Gasteiger partial charge >= 0.3 is 0 Å². The topological polar surface area (TPSA) is 46.2 Å². The summed E-state index contributed by atoms with van der Waals surface area (Å²) in [5, 5.41) is 4.49. The van der Waals surface area contributed by atoms with Gasteiger partial charge in [0.25, 0.3) is 0 Å². The van der Waals surface area contributed by atoms with E-state index < -0.39 is 15.7 Å². The summed E-state index contributed by atoms with van der Waals surface area (Å²) in [6.45, 7) is 0.271. The highest BCUT2D eigenvalue weighted by Gasteiger charge is 2.21. The highest BCUT2D eigenvalue weighted by molar-refractivity contribution is 7.94. The van der Waals surface area contributed by atoms with Gasteiger partial charge in [-0.2, -0.15) is 0 Å². The molecule has 0 fully saturated rings. The molecule has 6 heteroatoms. The number of rotatable bonds is 3. The summed E-state index contributed by atoms with van der Waals surface area (Å²) in [7, 11) is -3.07. The monoisotopic (exact) mass is 275 g/mol. The van der Waals surface area contributed by atoms with Crippen LogP contribution in [0.15, 0.2) is 29.7 Å². The van der Waals surface area contributed by atoms with E-state index in [0.29, 0.717) is 10.6 Å². The number of nitrogens with one attached hydrogen (secondary N) is 1. The number of halogens is 2. The van der Waals surface area contributed by atoms with Crippen LogP contribution in [-0.2, 0) is 16.4 Å². The first kappa shape index (κ1) is 12.5. The van der Waals surface area contributed by atoms with Gasteiger partial charge in [0.1, 0.15) is 5.82 Å². The number of benzene rings is 1. The van der Waals surface area contributed by atoms with Gasteiger partial charge in [-0.3, -0.25) is 0 Å². The van der Waals surface area contributed by atoms with Gasteiger partial charge in [-0.1, -0.05) is 23.7 Å². The minimum Gasteiger partial charge on any atom is -0.305 e. The molecule has 1 aromatic rings. The molecule has 0 aromatic heterocycles. The van der Waals surface area contributed by atoms with Crippen molar-refractivity contribution in [2.24, 2.45) is 0 Å². The standard InChI is InChI=1S/C11H11ClFNO2S/c12-9-2-1-8(11(13)5-9)6-14-10-3-4-17(15,16)7-10/h1-5,10,14H,6-7H2. The van der Waals surface area contributed by atoms with Crippen LogP contribution >= 0.6 is 11.6 Å². The lowest BCUT2D eigenvalue weighted by molar-refractivity contribution is 0.568. The molecule has 0 aliphatic carbocycles. The summed E-state index contributed by atoms with van der Waals surface area (Å²) < 4.78 is 35.7. The van der Waals surface area contributed by atoms with Crippen LogP contribution in [0.1, 0.15) is 5.56 Å². The molecule has 2 rings (SSSR count). The Balaban J connectivity index is 1.97. The zero-order valence-corrected chi connectivity index (χ0v) is 10.4. The molecule has 1 aromatic carbocycles. The van der Waals surface area contributed by atoms with Crippen molar-refractivity contribution in [1.82, 2.24) is 5.32 Å². The second-order valence-electron chi connectivity index (χ2n) is 3.88.